The van der Waals surface area contributed by atoms with E-state index in [2.05, 4.69) is 26.0 Å². The third-order valence-electron chi connectivity index (χ3n) is 3.60. The number of hydrogen-bond acceptors (Lipinski definition) is 3. The van der Waals surface area contributed by atoms with Gasteiger partial charge in [0.1, 0.15) is 23.1 Å². The zero-order valence-corrected chi connectivity index (χ0v) is 13.4. The van der Waals surface area contributed by atoms with E-state index in [1.165, 1.54) is 5.56 Å². The summed E-state index contributed by atoms with van der Waals surface area (Å²) in [4.78, 5) is 0.941. The third-order valence-corrected chi connectivity index (χ3v) is 4.38. The SMILES string of the molecule is CCC(C)c1ccccc1Oc1cccc(SC)c1C#N. The number of nitrogens with zero attached hydrogens (tertiary/aromatic N) is 1. The molecule has 21 heavy (non-hydrogen) atoms. The average molecular weight is 297 g/mol. The standard InChI is InChI=1S/C18H19NOS/c1-4-13(2)14-8-5-6-9-16(14)20-17-10-7-11-18(21-3)15(17)12-19/h5-11,13H,4H2,1-3H3. The average Bonchev–Trinajstić information content (AvgIpc) is 2.54. The van der Waals surface area contributed by atoms with Crippen LogP contribution in [0.3, 0.4) is 0 Å². The van der Waals surface area contributed by atoms with Gasteiger partial charge in [0.25, 0.3) is 0 Å². The Balaban J connectivity index is 2.42. The van der Waals surface area contributed by atoms with Gasteiger partial charge in [0.2, 0.25) is 0 Å². The van der Waals surface area contributed by atoms with Gasteiger partial charge in [-0.05, 0) is 42.4 Å². The van der Waals surface area contributed by atoms with Gasteiger partial charge in [0.05, 0.1) is 0 Å². The van der Waals surface area contributed by atoms with E-state index in [1.54, 1.807) is 11.8 Å². The van der Waals surface area contributed by atoms with E-state index in [4.69, 9.17) is 4.74 Å². The van der Waals surface area contributed by atoms with Crippen LogP contribution in [0.25, 0.3) is 0 Å². The third kappa shape index (κ3) is 3.40. The van der Waals surface area contributed by atoms with Crippen molar-refractivity contribution in [3.63, 3.8) is 0 Å². The highest BCUT2D eigenvalue weighted by Gasteiger charge is 2.13. The Bertz CT molecular complexity index is 661. The molecule has 0 saturated carbocycles. The highest BCUT2D eigenvalue weighted by atomic mass is 32.2. The maximum atomic E-state index is 9.39. The number of ether oxygens (including phenoxy) is 1. The second-order valence-electron chi connectivity index (χ2n) is 4.89. The molecular formula is C18H19NOS. The van der Waals surface area contributed by atoms with Gasteiger partial charge in [-0.25, -0.2) is 0 Å². The molecule has 0 aromatic heterocycles. The number of benzene rings is 2. The first-order valence-corrected chi connectivity index (χ1v) is 8.27. The minimum Gasteiger partial charge on any atom is -0.456 e. The predicted molar refractivity (Wildman–Crippen MR) is 88.2 cm³/mol. The number of nitriles is 1. The van der Waals surface area contributed by atoms with Crippen molar-refractivity contribution < 1.29 is 4.74 Å². The minimum absolute atomic E-state index is 0.426. The molecule has 2 aromatic rings. The lowest BCUT2D eigenvalue weighted by molar-refractivity contribution is 0.467. The molecule has 2 nitrogen and oxygen atoms in total. The van der Waals surface area contributed by atoms with Gasteiger partial charge in [0.15, 0.2) is 0 Å². The van der Waals surface area contributed by atoms with Crippen LogP contribution in [-0.2, 0) is 0 Å². The molecule has 1 atom stereocenters. The summed E-state index contributed by atoms with van der Waals surface area (Å²) < 4.78 is 6.06. The van der Waals surface area contributed by atoms with Crippen LogP contribution in [0.5, 0.6) is 11.5 Å². The summed E-state index contributed by atoms with van der Waals surface area (Å²) in [7, 11) is 0. The second kappa shape index (κ2) is 7.19. The zero-order valence-electron chi connectivity index (χ0n) is 12.6. The molecule has 0 N–H and O–H groups in total. The van der Waals surface area contributed by atoms with Crippen LogP contribution in [0.2, 0.25) is 0 Å². The minimum atomic E-state index is 0.426. The first-order chi connectivity index (χ1) is 10.2. The molecule has 0 heterocycles. The number of rotatable bonds is 5. The fraction of sp³-hybridized carbons (Fsp3) is 0.278. The van der Waals surface area contributed by atoms with E-state index in [9.17, 15) is 5.26 Å². The van der Waals surface area contributed by atoms with Gasteiger partial charge in [-0.1, -0.05) is 38.1 Å². The van der Waals surface area contributed by atoms with Crippen LogP contribution in [0.15, 0.2) is 47.4 Å². The molecule has 3 heteroatoms. The van der Waals surface area contributed by atoms with E-state index < -0.39 is 0 Å². The van der Waals surface area contributed by atoms with E-state index in [1.807, 2.05) is 42.7 Å². The summed E-state index contributed by atoms with van der Waals surface area (Å²) in [6, 6.07) is 16.0. The van der Waals surface area contributed by atoms with Crippen LogP contribution in [0.1, 0.15) is 37.3 Å². The molecule has 1 unspecified atom stereocenters. The Morgan fingerprint density at radius 3 is 2.52 bits per heavy atom. The Labute approximate surface area is 130 Å². The molecule has 0 amide bonds. The van der Waals surface area contributed by atoms with Crippen molar-refractivity contribution in [3.05, 3.63) is 53.6 Å². The summed E-state index contributed by atoms with van der Waals surface area (Å²) in [5.41, 5.74) is 1.78. The van der Waals surface area contributed by atoms with Crippen LogP contribution >= 0.6 is 11.8 Å². The highest BCUT2D eigenvalue weighted by molar-refractivity contribution is 7.98. The van der Waals surface area contributed by atoms with Gasteiger partial charge < -0.3 is 4.74 Å². The quantitative estimate of drug-likeness (QED) is 0.675. The Morgan fingerprint density at radius 1 is 1.14 bits per heavy atom. The molecule has 0 bridgehead atoms. The van der Waals surface area contributed by atoms with E-state index in [0.717, 1.165) is 17.1 Å². The molecule has 0 radical (unpaired) electrons. The fourth-order valence-corrected chi connectivity index (χ4v) is 2.76. The summed E-state index contributed by atoms with van der Waals surface area (Å²) in [5, 5.41) is 9.39. The number of hydrogen-bond donors (Lipinski definition) is 0. The lowest BCUT2D eigenvalue weighted by Crippen LogP contribution is -1.97. The van der Waals surface area contributed by atoms with E-state index >= 15 is 0 Å². The molecular weight excluding hydrogens is 278 g/mol. The summed E-state index contributed by atoms with van der Waals surface area (Å²) in [6.45, 7) is 4.35. The predicted octanol–water partition coefficient (Wildman–Crippen LogP) is 5.59. The van der Waals surface area contributed by atoms with Crippen molar-refractivity contribution in [2.75, 3.05) is 6.26 Å². The van der Waals surface area contributed by atoms with Gasteiger partial charge in [-0.3, -0.25) is 0 Å². The lowest BCUT2D eigenvalue weighted by Gasteiger charge is -2.16. The summed E-state index contributed by atoms with van der Waals surface area (Å²) >= 11 is 1.56. The zero-order chi connectivity index (χ0) is 15.2. The molecule has 2 aromatic carbocycles. The lowest BCUT2D eigenvalue weighted by atomic mass is 9.98. The van der Waals surface area contributed by atoms with Crippen molar-refractivity contribution in [2.24, 2.45) is 0 Å². The van der Waals surface area contributed by atoms with Gasteiger partial charge in [0, 0.05) is 4.90 Å². The molecule has 108 valence electrons. The second-order valence-corrected chi connectivity index (χ2v) is 5.74. The smallest absolute Gasteiger partial charge is 0.146 e. The van der Waals surface area contributed by atoms with Crippen molar-refractivity contribution in [1.29, 1.82) is 5.26 Å². The van der Waals surface area contributed by atoms with Gasteiger partial charge >= 0.3 is 0 Å². The van der Waals surface area contributed by atoms with E-state index in [0.29, 0.717) is 17.2 Å². The number of thioether (sulfide) groups is 1. The fourth-order valence-electron chi connectivity index (χ4n) is 2.20. The van der Waals surface area contributed by atoms with E-state index in [-0.39, 0.29) is 0 Å². The largest absolute Gasteiger partial charge is 0.456 e. The molecule has 0 fully saturated rings. The van der Waals surface area contributed by atoms with Crippen LogP contribution in [-0.4, -0.2) is 6.26 Å². The Hall–Kier alpha value is -1.92. The first-order valence-electron chi connectivity index (χ1n) is 7.05. The van der Waals surface area contributed by atoms with Crippen molar-refractivity contribution in [2.45, 2.75) is 31.1 Å². The molecule has 0 aliphatic heterocycles. The molecule has 0 aliphatic rings. The summed E-state index contributed by atoms with van der Waals surface area (Å²) in [5.74, 6) is 1.89. The molecule has 0 saturated heterocycles. The normalized spacial score (nSPS) is 11.7. The van der Waals surface area contributed by atoms with Crippen LogP contribution < -0.4 is 4.74 Å². The van der Waals surface area contributed by atoms with Crippen molar-refractivity contribution in [3.8, 4) is 17.6 Å². The molecule has 0 spiro atoms. The van der Waals surface area contributed by atoms with Crippen molar-refractivity contribution in [1.82, 2.24) is 0 Å². The Morgan fingerprint density at radius 2 is 1.86 bits per heavy atom. The Kier molecular flexibility index (Phi) is 5.30. The van der Waals surface area contributed by atoms with Gasteiger partial charge in [-0.2, -0.15) is 5.26 Å². The van der Waals surface area contributed by atoms with Crippen LogP contribution in [0.4, 0.5) is 0 Å². The van der Waals surface area contributed by atoms with Gasteiger partial charge in [-0.15, -0.1) is 11.8 Å². The molecule has 2 rings (SSSR count). The first kappa shape index (κ1) is 15.5. The maximum absolute atomic E-state index is 9.39. The molecule has 0 aliphatic carbocycles. The van der Waals surface area contributed by atoms with Crippen molar-refractivity contribution >= 4 is 11.8 Å². The van der Waals surface area contributed by atoms with Crippen LogP contribution in [0, 0.1) is 11.3 Å². The monoisotopic (exact) mass is 297 g/mol. The highest BCUT2D eigenvalue weighted by Crippen LogP contribution is 2.35. The maximum Gasteiger partial charge on any atom is 0.146 e. The summed E-state index contributed by atoms with van der Waals surface area (Å²) in [6.07, 6.45) is 3.02. The topological polar surface area (TPSA) is 33.0 Å². The number of para-hydroxylation sites is 1.